The molecule has 0 spiro atoms. The van der Waals surface area contributed by atoms with Crippen molar-refractivity contribution >= 4 is 27.2 Å². The summed E-state index contributed by atoms with van der Waals surface area (Å²) in [4.78, 5) is 12.7. The fraction of sp³-hybridized carbons (Fsp3) is 0.154. The Kier molecular flexibility index (Phi) is 2.69. The highest BCUT2D eigenvalue weighted by molar-refractivity contribution is 7.21. The lowest BCUT2D eigenvalue weighted by molar-refractivity contribution is 0.103. The van der Waals surface area contributed by atoms with Crippen molar-refractivity contribution in [2.45, 2.75) is 13.8 Å². The van der Waals surface area contributed by atoms with E-state index in [1.54, 1.807) is 11.3 Å². The molecule has 1 aromatic carbocycles. The summed E-state index contributed by atoms with van der Waals surface area (Å²) < 4.78 is 1.17. The zero-order chi connectivity index (χ0) is 10.8. The maximum atomic E-state index is 11.9. The standard InChI is InChI=1S/C13H12OS/c1-3-9(2)13(14)12-8-10-6-4-5-7-11(10)15-12/h3-8H,1-2H3/b9-3+. The lowest BCUT2D eigenvalue weighted by Crippen LogP contribution is -1.96. The molecule has 0 aliphatic heterocycles. The van der Waals surface area contributed by atoms with Crippen LogP contribution < -0.4 is 0 Å². The van der Waals surface area contributed by atoms with Crippen molar-refractivity contribution in [3.05, 3.63) is 46.9 Å². The van der Waals surface area contributed by atoms with Gasteiger partial charge in [-0.05, 0) is 36.9 Å². The van der Waals surface area contributed by atoms with Crippen molar-refractivity contribution < 1.29 is 4.79 Å². The molecule has 0 bridgehead atoms. The van der Waals surface area contributed by atoms with E-state index in [4.69, 9.17) is 0 Å². The van der Waals surface area contributed by atoms with E-state index in [2.05, 4.69) is 0 Å². The number of rotatable bonds is 2. The number of carbonyl (C=O) groups excluding carboxylic acids is 1. The van der Waals surface area contributed by atoms with E-state index in [1.807, 2.05) is 50.3 Å². The second-order valence-electron chi connectivity index (χ2n) is 3.45. The molecule has 2 rings (SSSR count). The minimum Gasteiger partial charge on any atom is -0.288 e. The number of fused-ring (bicyclic) bond motifs is 1. The molecule has 1 heterocycles. The summed E-state index contributed by atoms with van der Waals surface area (Å²) >= 11 is 1.56. The van der Waals surface area contributed by atoms with Gasteiger partial charge in [-0.1, -0.05) is 24.3 Å². The highest BCUT2D eigenvalue weighted by Gasteiger charge is 2.10. The number of hydrogen-bond donors (Lipinski definition) is 0. The van der Waals surface area contributed by atoms with Crippen LogP contribution in [0.4, 0.5) is 0 Å². The molecule has 0 atom stereocenters. The number of hydrogen-bond acceptors (Lipinski definition) is 2. The first-order valence-electron chi connectivity index (χ1n) is 4.88. The number of Topliss-reactive ketones (excluding diaryl/α,β-unsaturated/α-hetero) is 1. The third-order valence-corrected chi connectivity index (χ3v) is 3.56. The van der Waals surface area contributed by atoms with Gasteiger partial charge in [0.1, 0.15) is 0 Å². The van der Waals surface area contributed by atoms with Crippen molar-refractivity contribution in [1.29, 1.82) is 0 Å². The van der Waals surface area contributed by atoms with E-state index < -0.39 is 0 Å². The quantitative estimate of drug-likeness (QED) is 0.546. The Hall–Kier alpha value is -1.41. The second-order valence-corrected chi connectivity index (χ2v) is 4.53. The highest BCUT2D eigenvalue weighted by Crippen LogP contribution is 2.26. The van der Waals surface area contributed by atoms with Gasteiger partial charge in [-0.2, -0.15) is 0 Å². The molecule has 0 radical (unpaired) electrons. The number of benzene rings is 1. The molecule has 0 aliphatic carbocycles. The van der Waals surface area contributed by atoms with Gasteiger partial charge in [0.15, 0.2) is 5.78 Å². The summed E-state index contributed by atoms with van der Waals surface area (Å²) in [6.45, 7) is 3.74. The Morgan fingerprint density at radius 3 is 2.73 bits per heavy atom. The monoisotopic (exact) mass is 216 g/mol. The van der Waals surface area contributed by atoms with Crippen LogP contribution in [0.5, 0.6) is 0 Å². The van der Waals surface area contributed by atoms with Gasteiger partial charge >= 0.3 is 0 Å². The van der Waals surface area contributed by atoms with Crippen LogP contribution in [-0.2, 0) is 0 Å². The number of ketones is 1. The normalized spacial score (nSPS) is 12.0. The van der Waals surface area contributed by atoms with Gasteiger partial charge in [0, 0.05) is 4.70 Å². The predicted octanol–water partition coefficient (Wildman–Crippen LogP) is 4.05. The Bertz CT molecular complexity index is 501. The summed E-state index contributed by atoms with van der Waals surface area (Å²) in [5, 5.41) is 1.15. The average Bonchev–Trinajstić information content (AvgIpc) is 2.70. The molecule has 76 valence electrons. The molecule has 0 N–H and O–H groups in total. The van der Waals surface area contributed by atoms with E-state index >= 15 is 0 Å². The summed E-state index contributed by atoms with van der Waals surface area (Å²) in [6.07, 6.45) is 1.85. The molecule has 0 saturated heterocycles. The fourth-order valence-corrected chi connectivity index (χ4v) is 2.49. The molecule has 1 nitrogen and oxygen atoms in total. The van der Waals surface area contributed by atoms with Gasteiger partial charge in [-0.25, -0.2) is 0 Å². The zero-order valence-electron chi connectivity index (χ0n) is 8.78. The minimum atomic E-state index is 0.138. The first kappa shape index (κ1) is 10.1. The van der Waals surface area contributed by atoms with Crippen LogP contribution in [0.15, 0.2) is 42.0 Å². The summed E-state index contributed by atoms with van der Waals surface area (Å²) in [5.41, 5.74) is 0.807. The average molecular weight is 216 g/mol. The van der Waals surface area contributed by atoms with Crippen molar-refractivity contribution in [2.24, 2.45) is 0 Å². The lowest BCUT2D eigenvalue weighted by Gasteiger charge is -1.94. The summed E-state index contributed by atoms with van der Waals surface area (Å²) in [5.74, 6) is 0.138. The largest absolute Gasteiger partial charge is 0.288 e. The van der Waals surface area contributed by atoms with Crippen LogP contribution in [0, 0.1) is 0 Å². The SMILES string of the molecule is C/C=C(\C)C(=O)c1cc2ccccc2s1. The molecule has 0 unspecified atom stereocenters. The van der Waals surface area contributed by atoms with Crippen LogP contribution in [0.25, 0.3) is 10.1 Å². The smallest absolute Gasteiger partial charge is 0.198 e. The summed E-state index contributed by atoms with van der Waals surface area (Å²) in [6, 6.07) is 10.0. The van der Waals surface area contributed by atoms with Crippen molar-refractivity contribution in [3.8, 4) is 0 Å². The molecule has 0 saturated carbocycles. The van der Waals surface area contributed by atoms with Crippen molar-refractivity contribution in [2.75, 3.05) is 0 Å². The van der Waals surface area contributed by atoms with Crippen LogP contribution >= 0.6 is 11.3 Å². The first-order chi connectivity index (χ1) is 7.22. The van der Waals surface area contributed by atoms with E-state index in [1.165, 1.54) is 4.70 Å². The molecule has 0 aliphatic rings. The molecular weight excluding hydrogens is 204 g/mol. The molecule has 1 aromatic heterocycles. The highest BCUT2D eigenvalue weighted by atomic mass is 32.1. The number of allylic oxidation sites excluding steroid dienone is 2. The van der Waals surface area contributed by atoms with Gasteiger partial charge in [-0.15, -0.1) is 11.3 Å². The maximum Gasteiger partial charge on any atom is 0.198 e. The van der Waals surface area contributed by atoms with Crippen molar-refractivity contribution in [3.63, 3.8) is 0 Å². The van der Waals surface area contributed by atoms with Gasteiger partial charge in [0.25, 0.3) is 0 Å². The van der Waals surface area contributed by atoms with E-state index in [0.717, 1.165) is 15.8 Å². The third kappa shape index (κ3) is 1.85. The molecular formula is C13H12OS. The van der Waals surface area contributed by atoms with E-state index in [-0.39, 0.29) is 5.78 Å². The Labute approximate surface area is 93.1 Å². The Morgan fingerprint density at radius 2 is 2.07 bits per heavy atom. The number of thiophene rings is 1. The van der Waals surface area contributed by atoms with Gasteiger partial charge in [-0.3, -0.25) is 4.79 Å². The van der Waals surface area contributed by atoms with Crippen LogP contribution in [0.3, 0.4) is 0 Å². The minimum absolute atomic E-state index is 0.138. The van der Waals surface area contributed by atoms with E-state index in [0.29, 0.717) is 0 Å². The molecule has 2 aromatic rings. The predicted molar refractivity (Wildman–Crippen MR) is 65.6 cm³/mol. The fourth-order valence-electron chi connectivity index (χ4n) is 1.42. The Morgan fingerprint density at radius 1 is 1.33 bits per heavy atom. The van der Waals surface area contributed by atoms with Crippen LogP contribution in [0.1, 0.15) is 23.5 Å². The topological polar surface area (TPSA) is 17.1 Å². The molecule has 15 heavy (non-hydrogen) atoms. The second kappa shape index (κ2) is 3.99. The molecule has 0 amide bonds. The van der Waals surface area contributed by atoms with Crippen molar-refractivity contribution in [1.82, 2.24) is 0 Å². The third-order valence-electron chi connectivity index (χ3n) is 2.44. The van der Waals surface area contributed by atoms with Gasteiger partial charge in [0.2, 0.25) is 0 Å². The van der Waals surface area contributed by atoms with Gasteiger partial charge < -0.3 is 0 Å². The molecule has 2 heteroatoms. The first-order valence-corrected chi connectivity index (χ1v) is 5.70. The molecule has 0 fully saturated rings. The summed E-state index contributed by atoms with van der Waals surface area (Å²) in [7, 11) is 0. The number of carbonyl (C=O) groups is 1. The maximum absolute atomic E-state index is 11.9. The zero-order valence-corrected chi connectivity index (χ0v) is 9.60. The van der Waals surface area contributed by atoms with Crippen LogP contribution in [-0.4, -0.2) is 5.78 Å². The lowest BCUT2D eigenvalue weighted by atomic mass is 10.1. The van der Waals surface area contributed by atoms with Gasteiger partial charge in [0.05, 0.1) is 4.88 Å². The Balaban J connectivity index is 2.50. The van der Waals surface area contributed by atoms with E-state index in [9.17, 15) is 4.79 Å². The van der Waals surface area contributed by atoms with Crippen LogP contribution in [0.2, 0.25) is 0 Å².